The summed E-state index contributed by atoms with van der Waals surface area (Å²) in [6.45, 7) is 0.524. The van der Waals surface area contributed by atoms with Crippen LogP contribution >= 0.6 is 0 Å². The molecule has 0 amide bonds. The molecular formula is C11H13N3. The molecule has 1 aromatic heterocycles. The van der Waals surface area contributed by atoms with E-state index in [9.17, 15) is 0 Å². The summed E-state index contributed by atoms with van der Waals surface area (Å²) in [6, 6.07) is 12.1. The van der Waals surface area contributed by atoms with Gasteiger partial charge in [0.2, 0.25) is 0 Å². The Morgan fingerprint density at radius 2 is 2.00 bits per heavy atom. The molecule has 0 bridgehead atoms. The maximum Gasteiger partial charge on any atom is 0.0926 e. The summed E-state index contributed by atoms with van der Waals surface area (Å²) in [4.78, 5) is 0. The van der Waals surface area contributed by atoms with E-state index >= 15 is 0 Å². The van der Waals surface area contributed by atoms with Crippen LogP contribution in [0.2, 0.25) is 0 Å². The van der Waals surface area contributed by atoms with Gasteiger partial charge in [0.05, 0.1) is 11.4 Å². The SMILES string of the molecule is Cn1nc(-c2ccccc2)cc1CN. The highest BCUT2D eigenvalue weighted by Gasteiger charge is 2.04. The molecule has 2 rings (SSSR count). The van der Waals surface area contributed by atoms with E-state index in [1.165, 1.54) is 0 Å². The topological polar surface area (TPSA) is 43.8 Å². The molecule has 72 valence electrons. The third-order valence-electron chi connectivity index (χ3n) is 2.26. The molecule has 2 aromatic rings. The highest BCUT2D eigenvalue weighted by atomic mass is 15.3. The zero-order chi connectivity index (χ0) is 9.97. The molecule has 2 N–H and O–H groups in total. The largest absolute Gasteiger partial charge is 0.325 e. The Morgan fingerprint density at radius 1 is 1.29 bits per heavy atom. The smallest absolute Gasteiger partial charge is 0.0926 e. The summed E-state index contributed by atoms with van der Waals surface area (Å²) in [7, 11) is 1.91. The number of benzene rings is 1. The Kier molecular flexibility index (Phi) is 2.33. The van der Waals surface area contributed by atoms with Gasteiger partial charge in [0, 0.05) is 19.2 Å². The molecular weight excluding hydrogens is 174 g/mol. The summed E-state index contributed by atoms with van der Waals surface area (Å²) >= 11 is 0. The zero-order valence-electron chi connectivity index (χ0n) is 8.14. The average molecular weight is 187 g/mol. The van der Waals surface area contributed by atoms with E-state index in [0.717, 1.165) is 17.0 Å². The lowest BCUT2D eigenvalue weighted by Crippen LogP contribution is -2.03. The minimum absolute atomic E-state index is 0.524. The van der Waals surface area contributed by atoms with E-state index < -0.39 is 0 Å². The van der Waals surface area contributed by atoms with Crippen LogP contribution in [0, 0.1) is 0 Å². The number of nitrogens with zero attached hydrogens (tertiary/aromatic N) is 2. The van der Waals surface area contributed by atoms with Gasteiger partial charge in [-0.1, -0.05) is 30.3 Å². The van der Waals surface area contributed by atoms with Gasteiger partial charge in [-0.05, 0) is 6.07 Å². The number of hydrogen-bond donors (Lipinski definition) is 1. The quantitative estimate of drug-likeness (QED) is 0.775. The molecule has 0 aliphatic rings. The van der Waals surface area contributed by atoms with E-state index in [1.54, 1.807) is 0 Å². The first-order valence-corrected chi connectivity index (χ1v) is 4.59. The van der Waals surface area contributed by atoms with Crippen molar-refractivity contribution in [3.63, 3.8) is 0 Å². The van der Waals surface area contributed by atoms with Crippen molar-refractivity contribution in [2.75, 3.05) is 0 Å². The van der Waals surface area contributed by atoms with Crippen LogP contribution in [0.4, 0.5) is 0 Å². The third kappa shape index (κ3) is 1.54. The van der Waals surface area contributed by atoms with Crippen molar-refractivity contribution in [3.8, 4) is 11.3 Å². The molecule has 0 aliphatic carbocycles. The highest BCUT2D eigenvalue weighted by Crippen LogP contribution is 2.17. The summed E-state index contributed by atoms with van der Waals surface area (Å²) in [5, 5.41) is 4.39. The van der Waals surface area contributed by atoms with Gasteiger partial charge in [0.15, 0.2) is 0 Å². The maximum absolute atomic E-state index is 5.58. The molecule has 3 heteroatoms. The molecule has 0 atom stereocenters. The first-order chi connectivity index (χ1) is 6.81. The summed E-state index contributed by atoms with van der Waals surface area (Å²) < 4.78 is 1.82. The Labute approximate surface area is 83.2 Å². The summed E-state index contributed by atoms with van der Waals surface area (Å²) in [5.74, 6) is 0. The van der Waals surface area contributed by atoms with Crippen LogP contribution in [-0.4, -0.2) is 9.78 Å². The van der Waals surface area contributed by atoms with Gasteiger partial charge in [0.25, 0.3) is 0 Å². The van der Waals surface area contributed by atoms with Crippen LogP contribution in [0.25, 0.3) is 11.3 Å². The van der Waals surface area contributed by atoms with Crippen molar-refractivity contribution in [1.82, 2.24) is 9.78 Å². The molecule has 3 nitrogen and oxygen atoms in total. The lowest BCUT2D eigenvalue weighted by Gasteiger charge is -1.94. The number of aryl methyl sites for hydroxylation is 1. The van der Waals surface area contributed by atoms with Crippen molar-refractivity contribution in [2.45, 2.75) is 6.54 Å². The van der Waals surface area contributed by atoms with Gasteiger partial charge in [-0.15, -0.1) is 0 Å². The fourth-order valence-corrected chi connectivity index (χ4v) is 1.45. The minimum Gasteiger partial charge on any atom is -0.325 e. The number of rotatable bonds is 2. The Morgan fingerprint density at radius 3 is 2.57 bits per heavy atom. The van der Waals surface area contributed by atoms with Gasteiger partial charge in [0.1, 0.15) is 0 Å². The molecule has 0 spiro atoms. The van der Waals surface area contributed by atoms with E-state index in [-0.39, 0.29) is 0 Å². The average Bonchev–Trinajstić information content (AvgIpc) is 2.61. The van der Waals surface area contributed by atoms with Crippen molar-refractivity contribution in [2.24, 2.45) is 12.8 Å². The van der Waals surface area contributed by atoms with Gasteiger partial charge in [-0.3, -0.25) is 4.68 Å². The Hall–Kier alpha value is -1.61. The number of aromatic nitrogens is 2. The second-order valence-corrected chi connectivity index (χ2v) is 3.21. The van der Waals surface area contributed by atoms with Crippen LogP contribution in [0.3, 0.4) is 0 Å². The minimum atomic E-state index is 0.524. The number of nitrogens with two attached hydrogens (primary N) is 1. The van der Waals surface area contributed by atoms with Crippen molar-refractivity contribution in [3.05, 3.63) is 42.1 Å². The lowest BCUT2D eigenvalue weighted by molar-refractivity contribution is 0.714. The van der Waals surface area contributed by atoms with Crippen LogP contribution < -0.4 is 5.73 Å². The second-order valence-electron chi connectivity index (χ2n) is 3.21. The van der Waals surface area contributed by atoms with Gasteiger partial charge < -0.3 is 5.73 Å². The van der Waals surface area contributed by atoms with Crippen LogP contribution in [0.1, 0.15) is 5.69 Å². The first-order valence-electron chi connectivity index (χ1n) is 4.59. The normalized spacial score (nSPS) is 10.4. The predicted molar refractivity (Wildman–Crippen MR) is 56.5 cm³/mol. The molecule has 0 unspecified atom stereocenters. The number of hydrogen-bond acceptors (Lipinski definition) is 2. The van der Waals surface area contributed by atoms with Gasteiger partial charge in [-0.25, -0.2) is 0 Å². The maximum atomic E-state index is 5.58. The summed E-state index contributed by atoms with van der Waals surface area (Å²) in [5.41, 5.74) is 8.73. The zero-order valence-corrected chi connectivity index (χ0v) is 8.14. The molecule has 0 radical (unpaired) electrons. The fraction of sp³-hybridized carbons (Fsp3) is 0.182. The van der Waals surface area contributed by atoms with E-state index in [4.69, 9.17) is 5.73 Å². The molecule has 1 aromatic carbocycles. The molecule has 0 saturated carbocycles. The second kappa shape index (κ2) is 3.64. The van der Waals surface area contributed by atoms with Gasteiger partial charge >= 0.3 is 0 Å². The fourth-order valence-electron chi connectivity index (χ4n) is 1.45. The predicted octanol–water partition coefficient (Wildman–Crippen LogP) is 1.55. The molecule has 0 fully saturated rings. The van der Waals surface area contributed by atoms with Gasteiger partial charge in [-0.2, -0.15) is 5.10 Å². The standard InChI is InChI=1S/C11H13N3/c1-14-10(8-12)7-11(13-14)9-5-3-2-4-6-9/h2-7H,8,12H2,1H3. The monoisotopic (exact) mass is 187 g/mol. The summed E-state index contributed by atoms with van der Waals surface area (Å²) in [6.07, 6.45) is 0. The molecule has 0 aliphatic heterocycles. The first kappa shape index (κ1) is 8.97. The van der Waals surface area contributed by atoms with Crippen LogP contribution in [-0.2, 0) is 13.6 Å². The Balaban J connectivity index is 2.43. The van der Waals surface area contributed by atoms with Crippen LogP contribution in [0.5, 0.6) is 0 Å². The van der Waals surface area contributed by atoms with Crippen molar-refractivity contribution < 1.29 is 0 Å². The molecule has 1 heterocycles. The molecule has 14 heavy (non-hydrogen) atoms. The van der Waals surface area contributed by atoms with E-state index in [1.807, 2.05) is 48.1 Å². The van der Waals surface area contributed by atoms with E-state index in [2.05, 4.69) is 5.10 Å². The van der Waals surface area contributed by atoms with E-state index in [0.29, 0.717) is 6.54 Å². The van der Waals surface area contributed by atoms with Crippen molar-refractivity contribution >= 4 is 0 Å². The third-order valence-corrected chi connectivity index (χ3v) is 2.26. The van der Waals surface area contributed by atoms with Crippen molar-refractivity contribution in [1.29, 1.82) is 0 Å². The molecule has 0 saturated heterocycles. The highest BCUT2D eigenvalue weighted by molar-refractivity contribution is 5.59. The lowest BCUT2D eigenvalue weighted by atomic mass is 10.1. The Bertz CT molecular complexity index is 417. The van der Waals surface area contributed by atoms with Crippen LogP contribution in [0.15, 0.2) is 36.4 Å².